The van der Waals surface area contributed by atoms with E-state index in [-0.39, 0.29) is 29.5 Å². The molecule has 2 heterocycles. The van der Waals surface area contributed by atoms with Crippen molar-refractivity contribution in [3.8, 4) is 11.3 Å². The molecular weight excluding hydrogens is 412 g/mol. The zero-order chi connectivity index (χ0) is 22.0. The molecule has 0 saturated heterocycles. The zero-order valence-electron chi connectivity index (χ0n) is 17.3. The van der Waals surface area contributed by atoms with Crippen LogP contribution < -0.4 is 5.56 Å². The molecule has 4 aromatic rings. The first-order chi connectivity index (χ1) is 14.9. The summed E-state index contributed by atoms with van der Waals surface area (Å²) in [5.74, 6) is -0.190. The molecule has 0 fully saturated rings. The monoisotopic (exact) mass is 434 g/mol. The molecule has 158 valence electrons. The number of hydrogen-bond donors (Lipinski definition) is 0. The van der Waals surface area contributed by atoms with E-state index in [0.29, 0.717) is 17.5 Å². The quantitative estimate of drug-likeness (QED) is 0.319. The van der Waals surface area contributed by atoms with Crippen LogP contribution >= 0.6 is 11.3 Å². The molecule has 0 aliphatic heterocycles. The standard InChI is InChI=1S/C23H22N4O3S/c1-15-7-9-17(10-8-15)21-14-31-22(24-21)13-26-23(28)19-6-4-3-5-18(19)20(25-26)11-16(2)12-27(29)30/h3-10,14,16H,11-13H2,1-2H3. The van der Waals surface area contributed by atoms with E-state index in [4.69, 9.17) is 0 Å². The van der Waals surface area contributed by atoms with Gasteiger partial charge in [0.25, 0.3) is 5.56 Å². The van der Waals surface area contributed by atoms with Crippen LogP contribution in [-0.4, -0.2) is 26.2 Å². The lowest BCUT2D eigenvalue weighted by Crippen LogP contribution is -2.26. The molecule has 7 nitrogen and oxygen atoms in total. The first-order valence-corrected chi connectivity index (χ1v) is 10.9. The first-order valence-electron chi connectivity index (χ1n) is 10.0. The van der Waals surface area contributed by atoms with Gasteiger partial charge in [-0.2, -0.15) is 5.10 Å². The second kappa shape index (κ2) is 8.77. The van der Waals surface area contributed by atoms with Crippen LogP contribution in [0.1, 0.15) is 23.2 Å². The van der Waals surface area contributed by atoms with Crippen molar-refractivity contribution in [1.29, 1.82) is 0 Å². The van der Waals surface area contributed by atoms with Crippen molar-refractivity contribution >= 4 is 22.1 Å². The fourth-order valence-electron chi connectivity index (χ4n) is 3.58. The Morgan fingerprint density at radius 2 is 1.84 bits per heavy atom. The van der Waals surface area contributed by atoms with Gasteiger partial charge in [-0.25, -0.2) is 9.67 Å². The van der Waals surface area contributed by atoms with E-state index in [2.05, 4.69) is 10.1 Å². The van der Waals surface area contributed by atoms with Crippen LogP contribution in [0.4, 0.5) is 0 Å². The number of aromatic nitrogens is 3. The highest BCUT2D eigenvalue weighted by Crippen LogP contribution is 2.23. The number of fused-ring (bicyclic) bond motifs is 1. The predicted molar refractivity (Wildman–Crippen MR) is 122 cm³/mol. The SMILES string of the molecule is Cc1ccc(-c2csc(Cn3nc(CC(C)C[N+](=O)[O-])c4ccccc4c3=O)n2)cc1. The Labute approximate surface area is 183 Å². The minimum absolute atomic E-state index is 0.137. The highest BCUT2D eigenvalue weighted by atomic mass is 32.1. The Hall–Kier alpha value is -3.39. The second-order valence-corrected chi connectivity index (χ2v) is 8.71. The van der Waals surface area contributed by atoms with Gasteiger partial charge >= 0.3 is 0 Å². The van der Waals surface area contributed by atoms with Gasteiger partial charge in [-0.15, -0.1) is 11.3 Å². The topological polar surface area (TPSA) is 90.9 Å². The minimum atomic E-state index is -0.314. The molecular formula is C23H22N4O3S. The highest BCUT2D eigenvalue weighted by Gasteiger charge is 2.17. The molecule has 2 aromatic heterocycles. The predicted octanol–water partition coefficient (Wildman–Crippen LogP) is 4.33. The number of aryl methyl sites for hydroxylation is 1. The molecule has 0 N–H and O–H groups in total. The van der Waals surface area contributed by atoms with Crippen LogP contribution in [0.15, 0.2) is 58.7 Å². The molecule has 0 aliphatic carbocycles. The third kappa shape index (κ3) is 4.69. The van der Waals surface area contributed by atoms with Crippen LogP contribution in [0.2, 0.25) is 0 Å². The van der Waals surface area contributed by atoms with E-state index in [1.165, 1.54) is 21.6 Å². The fraction of sp³-hybridized carbons (Fsp3) is 0.261. The van der Waals surface area contributed by atoms with E-state index in [1.54, 1.807) is 6.07 Å². The van der Waals surface area contributed by atoms with E-state index in [0.717, 1.165) is 21.7 Å². The van der Waals surface area contributed by atoms with Crippen molar-refractivity contribution in [1.82, 2.24) is 14.8 Å². The van der Waals surface area contributed by atoms with Crippen molar-refractivity contribution in [2.75, 3.05) is 6.54 Å². The van der Waals surface area contributed by atoms with Crippen LogP contribution in [0.3, 0.4) is 0 Å². The molecule has 0 amide bonds. The molecule has 0 radical (unpaired) electrons. The molecule has 1 atom stereocenters. The van der Waals surface area contributed by atoms with Crippen molar-refractivity contribution in [3.63, 3.8) is 0 Å². The van der Waals surface area contributed by atoms with Crippen LogP contribution in [0, 0.1) is 23.0 Å². The van der Waals surface area contributed by atoms with Gasteiger partial charge in [-0.05, 0) is 13.0 Å². The molecule has 0 aliphatic rings. The van der Waals surface area contributed by atoms with Gasteiger partial charge in [-0.1, -0.05) is 55.0 Å². The summed E-state index contributed by atoms with van der Waals surface area (Å²) in [6.07, 6.45) is 0.425. The summed E-state index contributed by atoms with van der Waals surface area (Å²) >= 11 is 1.49. The molecule has 2 aromatic carbocycles. The van der Waals surface area contributed by atoms with Gasteiger partial charge in [0.15, 0.2) is 0 Å². The summed E-state index contributed by atoms with van der Waals surface area (Å²) in [6, 6.07) is 15.4. The van der Waals surface area contributed by atoms with Crippen LogP contribution in [0.5, 0.6) is 0 Å². The normalized spacial score (nSPS) is 12.2. The summed E-state index contributed by atoms with van der Waals surface area (Å²) in [6.45, 7) is 3.99. The second-order valence-electron chi connectivity index (χ2n) is 7.77. The minimum Gasteiger partial charge on any atom is -0.267 e. The van der Waals surface area contributed by atoms with Gasteiger partial charge in [0.2, 0.25) is 6.54 Å². The van der Waals surface area contributed by atoms with Gasteiger partial charge in [0.1, 0.15) is 5.01 Å². The Morgan fingerprint density at radius 1 is 1.13 bits per heavy atom. The number of rotatable bonds is 7. The highest BCUT2D eigenvalue weighted by molar-refractivity contribution is 7.09. The number of benzene rings is 2. The Kier molecular flexibility index (Phi) is 5.90. The smallest absolute Gasteiger partial charge is 0.267 e. The number of nitrogens with zero attached hydrogens (tertiary/aromatic N) is 4. The Balaban J connectivity index is 1.68. The van der Waals surface area contributed by atoms with E-state index in [1.807, 2.05) is 61.7 Å². The Bertz CT molecular complexity index is 1290. The number of hydrogen-bond acceptors (Lipinski definition) is 6. The molecule has 31 heavy (non-hydrogen) atoms. The molecule has 8 heteroatoms. The lowest BCUT2D eigenvalue weighted by Gasteiger charge is -2.12. The largest absolute Gasteiger partial charge is 0.275 e. The summed E-state index contributed by atoms with van der Waals surface area (Å²) in [7, 11) is 0. The van der Waals surface area contributed by atoms with Crippen molar-refractivity contribution < 1.29 is 4.92 Å². The summed E-state index contributed by atoms with van der Waals surface area (Å²) in [5, 5.41) is 19.5. The van der Waals surface area contributed by atoms with Crippen LogP contribution in [-0.2, 0) is 13.0 Å². The maximum absolute atomic E-state index is 13.0. The molecule has 1 unspecified atom stereocenters. The first kappa shape index (κ1) is 20.9. The molecule has 0 saturated carbocycles. The maximum atomic E-state index is 13.0. The van der Waals surface area contributed by atoms with E-state index in [9.17, 15) is 14.9 Å². The maximum Gasteiger partial charge on any atom is 0.275 e. The van der Waals surface area contributed by atoms with Crippen molar-refractivity contribution in [2.24, 2.45) is 5.92 Å². The average Bonchev–Trinajstić information content (AvgIpc) is 3.20. The number of thiazole rings is 1. The van der Waals surface area contributed by atoms with Gasteiger partial charge in [-0.3, -0.25) is 14.9 Å². The molecule has 0 spiro atoms. The van der Waals surface area contributed by atoms with Gasteiger partial charge in [0, 0.05) is 33.6 Å². The van der Waals surface area contributed by atoms with E-state index >= 15 is 0 Å². The molecule has 4 rings (SSSR count). The summed E-state index contributed by atoms with van der Waals surface area (Å²) in [5.41, 5.74) is 3.59. The van der Waals surface area contributed by atoms with Gasteiger partial charge < -0.3 is 0 Å². The molecule has 0 bridgehead atoms. The van der Waals surface area contributed by atoms with Crippen molar-refractivity contribution in [3.05, 3.63) is 90.6 Å². The fourth-order valence-corrected chi connectivity index (χ4v) is 4.37. The zero-order valence-corrected chi connectivity index (χ0v) is 18.1. The summed E-state index contributed by atoms with van der Waals surface area (Å²) in [4.78, 5) is 28.3. The number of nitro groups is 1. The lowest BCUT2D eigenvalue weighted by atomic mass is 10.0. The lowest BCUT2D eigenvalue weighted by molar-refractivity contribution is -0.487. The Morgan fingerprint density at radius 3 is 2.55 bits per heavy atom. The van der Waals surface area contributed by atoms with E-state index < -0.39 is 0 Å². The van der Waals surface area contributed by atoms with Crippen molar-refractivity contribution in [2.45, 2.75) is 26.8 Å². The third-order valence-corrected chi connectivity index (χ3v) is 5.96. The van der Waals surface area contributed by atoms with Gasteiger partial charge in [0.05, 0.1) is 23.3 Å². The average molecular weight is 435 g/mol. The summed E-state index contributed by atoms with van der Waals surface area (Å²) < 4.78 is 1.42. The third-order valence-electron chi connectivity index (χ3n) is 5.13. The van der Waals surface area contributed by atoms with Crippen LogP contribution in [0.25, 0.3) is 22.0 Å².